The minimum absolute atomic E-state index is 0.0251. The average Bonchev–Trinajstić information content (AvgIpc) is 2.30. The number of aliphatic carboxylic acids is 1. The van der Waals surface area contributed by atoms with E-state index in [1.165, 1.54) is 4.90 Å². The smallest absolute Gasteiger partial charge is 0.308 e. The number of nitrogens with zero attached hydrogens (tertiary/aromatic N) is 1. The second-order valence-electron chi connectivity index (χ2n) is 4.63. The van der Waals surface area contributed by atoms with Gasteiger partial charge >= 0.3 is 5.97 Å². The number of hydrogen-bond acceptors (Lipinski definition) is 2. The first-order chi connectivity index (χ1) is 8.95. The van der Waals surface area contributed by atoms with E-state index < -0.39 is 23.5 Å². The van der Waals surface area contributed by atoms with Crippen molar-refractivity contribution in [3.8, 4) is 0 Å². The molecule has 1 aliphatic heterocycles. The molecule has 6 heteroatoms. The van der Waals surface area contributed by atoms with Crippen molar-refractivity contribution in [1.82, 2.24) is 4.90 Å². The van der Waals surface area contributed by atoms with Gasteiger partial charge in [0.25, 0.3) is 0 Å². The second-order valence-corrected chi connectivity index (χ2v) is 4.63. The fourth-order valence-corrected chi connectivity index (χ4v) is 2.19. The lowest BCUT2D eigenvalue weighted by Crippen LogP contribution is -2.42. The Morgan fingerprint density at radius 2 is 1.95 bits per heavy atom. The topological polar surface area (TPSA) is 57.6 Å². The number of amides is 1. The van der Waals surface area contributed by atoms with Crippen molar-refractivity contribution in [2.24, 2.45) is 5.92 Å². The number of piperidine rings is 1. The number of likely N-dealkylation sites (tertiary alicyclic amines) is 1. The largest absolute Gasteiger partial charge is 0.481 e. The zero-order valence-electron chi connectivity index (χ0n) is 10.1. The van der Waals surface area contributed by atoms with Gasteiger partial charge in [0.1, 0.15) is 11.6 Å². The van der Waals surface area contributed by atoms with Gasteiger partial charge in [-0.3, -0.25) is 9.59 Å². The van der Waals surface area contributed by atoms with E-state index in [2.05, 4.69) is 0 Å². The monoisotopic (exact) mass is 269 g/mol. The lowest BCUT2D eigenvalue weighted by Gasteiger charge is -2.30. The van der Waals surface area contributed by atoms with Crippen LogP contribution in [0, 0.1) is 17.6 Å². The average molecular weight is 269 g/mol. The Morgan fingerprint density at radius 1 is 1.32 bits per heavy atom. The van der Waals surface area contributed by atoms with Gasteiger partial charge in [-0.1, -0.05) is 0 Å². The third-order valence-electron chi connectivity index (χ3n) is 3.15. The zero-order valence-corrected chi connectivity index (χ0v) is 10.1. The summed E-state index contributed by atoms with van der Waals surface area (Å²) in [6, 6.07) is 3.03. The Labute approximate surface area is 108 Å². The molecule has 1 aromatic carbocycles. The second kappa shape index (κ2) is 5.34. The van der Waals surface area contributed by atoms with Crippen LogP contribution < -0.4 is 0 Å². The van der Waals surface area contributed by atoms with Crippen molar-refractivity contribution < 1.29 is 23.5 Å². The van der Waals surface area contributed by atoms with E-state index in [4.69, 9.17) is 5.11 Å². The maximum Gasteiger partial charge on any atom is 0.308 e. The predicted molar refractivity (Wildman–Crippen MR) is 62.1 cm³/mol. The standard InChI is InChI=1S/C13H13F2NO3/c14-10-3-8(4-11(15)5-10)6-16-7-9(13(18)19)1-2-12(16)17/h3-5,9H,1-2,6-7H2,(H,18,19). The van der Waals surface area contributed by atoms with Crippen LogP contribution in [0.5, 0.6) is 0 Å². The lowest BCUT2D eigenvalue weighted by atomic mass is 9.97. The molecule has 0 saturated carbocycles. The normalized spacial score (nSPS) is 19.6. The summed E-state index contributed by atoms with van der Waals surface area (Å²) < 4.78 is 26.1. The van der Waals surface area contributed by atoms with E-state index in [1.807, 2.05) is 0 Å². The minimum Gasteiger partial charge on any atom is -0.481 e. The molecule has 1 heterocycles. The Kier molecular flexibility index (Phi) is 3.78. The summed E-state index contributed by atoms with van der Waals surface area (Å²) in [6.07, 6.45) is 0.455. The van der Waals surface area contributed by atoms with Crippen LogP contribution in [0.15, 0.2) is 18.2 Å². The van der Waals surface area contributed by atoms with Crippen molar-refractivity contribution in [2.45, 2.75) is 19.4 Å². The van der Waals surface area contributed by atoms with E-state index in [0.29, 0.717) is 12.0 Å². The van der Waals surface area contributed by atoms with Crippen molar-refractivity contribution in [2.75, 3.05) is 6.54 Å². The van der Waals surface area contributed by atoms with Gasteiger partial charge in [0.15, 0.2) is 0 Å². The molecule has 0 bridgehead atoms. The summed E-state index contributed by atoms with van der Waals surface area (Å²) >= 11 is 0. The zero-order chi connectivity index (χ0) is 14.0. The molecule has 102 valence electrons. The molecule has 1 aliphatic rings. The fourth-order valence-electron chi connectivity index (χ4n) is 2.19. The summed E-state index contributed by atoms with van der Waals surface area (Å²) in [6.45, 7) is 0.101. The van der Waals surface area contributed by atoms with Gasteiger partial charge in [-0.15, -0.1) is 0 Å². The van der Waals surface area contributed by atoms with Gasteiger partial charge < -0.3 is 10.0 Å². The van der Waals surface area contributed by atoms with Crippen LogP contribution in [0.2, 0.25) is 0 Å². The maximum absolute atomic E-state index is 13.0. The first-order valence-corrected chi connectivity index (χ1v) is 5.91. The Hall–Kier alpha value is -1.98. The Balaban J connectivity index is 2.11. The van der Waals surface area contributed by atoms with E-state index in [-0.39, 0.29) is 25.4 Å². The van der Waals surface area contributed by atoms with E-state index in [1.54, 1.807) is 0 Å². The summed E-state index contributed by atoms with van der Waals surface area (Å²) in [7, 11) is 0. The number of carboxylic acids is 1. The lowest BCUT2D eigenvalue weighted by molar-refractivity contribution is -0.147. The molecule has 2 rings (SSSR count). The number of carbonyl (C=O) groups is 2. The Morgan fingerprint density at radius 3 is 2.53 bits per heavy atom. The number of hydrogen-bond donors (Lipinski definition) is 1. The molecular formula is C13H13F2NO3. The molecule has 4 nitrogen and oxygen atoms in total. The third-order valence-corrected chi connectivity index (χ3v) is 3.15. The van der Waals surface area contributed by atoms with Gasteiger partial charge in [-0.05, 0) is 24.1 Å². The number of carboxylic acid groups (broad SMARTS) is 1. The highest BCUT2D eigenvalue weighted by Crippen LogP contribution is 2.20. The van der Waals surface area contributed by atoms with Crippen LogP contribution in [-0.4, -0.2) is 28.4 Å². The molecule has 1 amide bonds. The molecule has 1 saturated heterocycles. The molecule has 1 aromatic rings. The van der Waals surface area contributed by atoms with E-state index >= 15 is 0 Å². The van der Waals surface area contributed by atoms with Gasteiger partial charge in [-0.25, -0.2) is 8.78 Å². The highest BCUT2D eigenvalue weighted by atomic mass is 19.1. The van der Waals surface area contributed by atoms with Crippen LogP contribution in [-0.2, 0) is 16.1 Å². The molecule has 1 unspecified atom stereocenters. The van der Waals surface area contributed by atoms with Gasteiger partial charge in [0, 0.05) is 25.6 Å². The van der Waals surface area contributed by atoms with Crippen LogP contribution in [0.4, 0.5) is 8.78 Å². The number of benzene rings is 1. The fraction of sp³-hybridized carbons (Fsp3) is 0.385. The Bertz CT molecular complexity index is 498. The first kappa shape index (κ1) is 13.5. The van der Waals surface area contributed by atoms with Crippen molar-refractivity contribution in [1.29, 1.82) is 0 Å². The number of rotatable bonds is 3. The molecule has 1 N–H and O–H groups in total. The van der Waals surface area contributed by atoms with Crippen LogP contribution >= 0.6 is 0 Å². The molecule has 1 atom stereocenters. The molecule has 0 aromatic heterocycles. The predicted octanol–water partition coefficient (Wildman–Crippen LogP) is 1.79. The SMILES string of the molecule is O=C(O)C1CCC(=O)N(Cc2cc(F)cc(F)c2)C1. The highest BCUT2D eigenvalue weighted by molar-refractivity contribution is 5.80. The molecule has 1 fully saturated rings. The molecule has 0 aliphatic carbocycles. The molecule has 0 spiro atoms. The molecule has 0 radical (unpaired) electrons. The van der Waals surface area contributed by atoms with Crippen LogP contribution in [0.1, 0.15) is 18.4 Å². The summed E-state index contributed by atoms with van der Waals surface area (Å²) in [5.41, 5.74) is 0.317. The van der Waals surface area contributed by atoms with Crippen molar-refractivity contribution in [3.05, 3.63) is 35.4 Å². The van der Waals surface area contributed by atoms with Crippen LogP contribution in [0.3, 0.4) is 0 Å². The third kappa shape index (κ3) is 3.27. The van der Waals surface area contributed by atoms with Gasteiger partial charge in [-0.2, -0.15) is 0 Å². The number of halogens is 2. The quantitative estimate of drug-likeness (QED) is 0.910. The highest BCUT2D eigenvalue weighted by Gasteiger charge is 2.30. The molecular weight excluding hydrogens is 256 g/mol. The molecule has 19 heavy (non-hydrogen) atoms. The van der Waals surface area contributed by atoms with Crippen LogP contribution in [0.25, 0.3) is 0 Å². The van der Waals surface area contributed by atoms with E-state index in [0.717, 1.165) is 18.2 Å². The first-order valence-electron chi connectivity index (χ1n) is 5.91. The summed E-state index contributed by atoms with van der Waals surface area (Å²) in [5, 5.41) is 8.94. The minimum atomic E-state index is -0.956. The summed E-state index contributed by atoms with van der Waals surface area (Å²) in [4.78, 5) is 23.9. The van der Waals surface area contributed by atoms with Gasteiger partial charge in [0.05, 0.1) is 5.92 Å². The van der Waals surface area contributed by atoms with Crippen molar-refractivity contribution in [3.63, 3.8) is 0 Å². The maximum atomic E-state index is 13.0. The number of carbonyl (C=O) groups excluding carboxylic acids is 1. The summed E-state index contributed by atoms with van der Waals surface area (Å²) in [5.74, 6) is -3.19. The van der Waals surface area contributed by atoms with Gasteiger partial charge in [0.2, 0.25) is 5.91 Å². The van der Waals surface area contributed by atoms with Crippen molar-refractivity contribution >= 4 is 11.9 Å². The van der Waals surface area contributed by atoms with E-state index in [9.17, 15) is 18.4 Å².